The molecular formula is C20H16O3. The van der Waals surface area contributed by atoms with E-state index < -0.39 is 0 Å². The number of hydrogen-bond acceptors (Lipinski definition) is 3. The van der Waals surface area contributed by atoms with Crippen molar-refractivity contribution >= 4 is 16.7 Å². The van der Waals surface area contributed by atoms with Crippen molar-refractivity contribution < 1.29 is 14.3 Å². The highest BCUT2D eigenvalue weighted by molar-refractivity contribution is 6.08. The van der Waals surface area contributed by atoms with E-state index in [-0.39, 0.29) is 12.1 Å². The maximum atomic E-state index is 12.5. The molecule has 0 spiro atoms. The minimum Gasteiger partial charge on any atom is -0.497 e. The molecule has 3 aromatic rings. The number of ether oxygens (including phenoxy) is 2. The van der Waals surface area contributed by atoms with Gasteiger partial charge in [-0.25, -0.2) is 4.79 Å². The molecule has 0 N–H and O–H groups in total. The van der Waals surface area contributed by atoms with Gasteiger partial charge in [-0.3, -0.25) is 0 Å². The van der Waals surface area contributed by atoms with Crippen molar-refractivity contribution in [2.75, 3.05) is 7.11 Å². The Hall–Kier alpha value is -2.81. The SMILES string of the molecule is COc1ccc([C@@H]2OC(=O)c3c2ccc2ccccc32)c(C)c1. The fraction of sp³-hybridized carbons (Fsp3) is 0.150. The molecule has 0 aromatic heterocycles. The number of carbonyl (C=O) groups is 1. The average Bonchev–Trinajstić information content (AvgIpc) is 2.92. The lowest BCUT2D eigenvalue weighted by atomic mass is 9.93. The quantitative estimate of drug-likeness (QED) is 0.658. The van der Waals surface area contributed by atoms with E-state index in [0.717, 1.165) is 33.2 Å². The van der Waals surface area contributed by atoms with Crippen LogP contribution in [0.4, 0.5) is 0 Å². The van der Waals surface area contributed by atoms with Crippen molar-refractivity contribution in [3.05, 3.63) is 76.9 Å². The van der Waals surface area contributed by atoms with Crippen molar-refractivity contribution in [3.8, 4) is 5.75 Å². The summed E-state index contributed by atoms with van der Waals surface area (Å²) in [5, 5.41) is 2.00. The van der Waals surface area contributed by atoms with Gasteiger partial charge in [0.15, 0.2) is 6.10 Å². The summed E-state index contributed by atoms with van der Waals surface area (Å²) in [5.74, 6) is 0.548. The minimum absolute atomic E-state index is 0.253. The highest BCUT2D eigenvalue weighted by Crippen LogP contribution is 2.40. The van der Waals surface area contributed by atoms with Gasteiger partial charge in [-0.15, -0.1) is 0 Å². The Kier molecular flexibility index (Phi) is 3.08. The van der Waals surface area contributed by atoms with Crippen LogP contribution in [0.1, 0.15) is 33.2 Å². The molecule has 0 unspecified atom stereocenters. The zero-order chi connectivity index (χ0) is 16.0. The molecule has 0 fully saturated rings. The molecule has 1 atom stereocenters. The smallest absolute Gasteiger partial charge is 0.340 e. The molecule has 0 bridgehead atoms. The zero-order valence-corrected chi connectivity index (χ0v) is 13.0. The number of fused-ring (bicyclic) bond motifs is 3. The van der Waals surface area contributed by atoms with Crippen molar-refractivity contribution in [1.29, 1.82) is 0 Å². The Morgan fingerprint density at radius 3 is 2.57 bits per heavy atom. The van der Waals surface area contributed by atoms with Gasteiger partial charge in [0.1, 0.15) is 5.75 Å². The first-order chi connectivity index (χ1) is 11.2. The van der Waals surface area contributed by atoms with Crippen molar-refractivity contribution in [2.45, 2.75) is 13.0 Å². The van der Waals surface area contributed by atoms with E-state index in [1.807, 2.05) is 61.5 Å². The maximum Gasteiger partial charge on any atom is 0.340 e. The molecule has 114 valence electrons. The van der Waals surface area contributed by atoms with E-state index in [1.54, 1.807) is 7.11 Å². The number of hydrogen-bond donors (Lipinski definition) is 0. The summed E-state index contributed by atoms with van der Waals surface area (Å²) in [5.41, 5.74) is 3.65. The molecule has 1 aliphatic heterocycles. The van der Waals surface area contributed by atoms with Crippen LogP contribution < -0.4 is 4.74 Å². The lowest BCUT2D eigenvalue weighted by Gasteiger charge is -2.15. The Morgan fingerprint density at radius 1 is 1.00 bits per heavy atom. The van der Waals surface area contributed by atoms with Gasteiger partial charge in [0.25, 0.3) is 0 Å². The fourth-order valence-electron chi connectivity index (χ4n) is 3.26. The minimum atomic E-state index is -0.354. The standard InChI is InChI=1S/C20H16O3/c1-12-11-14(22-2)8-10-15(12)19-17-9-7-13-5-3-4-6-16(13)18(17)20(21)23-19/h3-11,19H,1-2H3/t19-/m0/s1. The molecule has 3 aromatic carbocycles. The van der Waals surface area contributed by atoms with Gasteiger partial charge in [-0.2, -0.15) is 0 Å². The number of carbonyl (C=O) groups excluding carboxylic acids is 1. The van der Waals surface area contributed by atoms with Crippen LogP contribution in [0.25, 0.3) is 10.8 Å². The van der Waals surface area contributed by atoms with Crippen LogP contribution in [0.2, 0.25) is 0 Å². The van der Waals surface area contributed by atoms with Crippen molar-refractivity contribution in [1.82, 2.24) is 0 Å². The largest absolute Gasteiger partial charge is 0.497 e. The van der Waals surface area contributed by atoms with E-state index in [1.165, 1.54) is 0 Å². The number of esters is 1. The lowest BCUT2D eigenvalue weighted by molar-refractivity contribution is 0.0456. The van der Waals surface area contributed by atoms with Crippen LogP contribution >= 0.6 is 0 Å². The molecule has 0 aliphatic carbocycles. The van der Waals surface area contributed by atoms with Crippen molar-refractivity contribution in [3.63, 3.8) is 0 Å². The highest BCUT2D eigenvalue weighted by atomic mass is 16.5. The average molecular weight is 304 g/mol. The summed E-state index contributed by atoms with van der Waals surface area (Å²) >= 11 is 0. The van der Waals surface area contributed by atoms with Crippen LogP contribution in [-0.4, -0.2) is 13.1 Å². The molecule has 23 heavy (non-hydrogen) atoms. The molecule has 3 heteroatoms. The molecular weight excluding hydrogens is 288 g/mol. The van der Waals surface area contributed by atoms with Crippen LogP contribution in [0, 0.1) is 6.92 Å². The molecule has 3 nitrogen and oxygen atoms in total. The summed E-state index contributed by atoms with van der Waals surface area (Å²) in [4.78, 5) is 12.5. The van der Waals surface area contributed by atoms with Gasteiger partial charge in [0.2, 0.25) is 0 Å². The topological polar surface area (TPSA) is 35.5 Å². The van der Waals surface area contributed by atoms with Crippen LogP contribution in [-0.2, 0) is 4.74 Å². The molecule has 0 radical (unpaired) electrons. The van der Waals surface area contributed by atoms with Gasteiger partial charge in [-0.1, -0.05) is 42.5 Å². The van der Waals surface area contributed by atoms with Gasteiger partial charge < -0.3 is 9.47 Å². The second kappa shape index (κ2) is 5.13. The Balaban J connectivity index is 1.89. The molecule has 0 saturated carbocycles. The van der Waals surface area contributed by atoms with Gasteiger partial charge in [-0.05, 0) is 35.4 Å². The highest BCUT2D eigenvalue weighted by Gasteiger charge is 2.34. The first-order valence-corrected chi connectivity index (χ1v) is 7.56. The van der Waals surface area contributed by atoms with Crippen LogP contribution in [0.3, 0.4) is 0 Å². The predicted octanol–water partition coefficient (Wildman–Crippen LogP) is 4.42. The third-order valence-corrected chi connectivity index (χ3v) is 4.43. The Labute approximate surface area is 134 Å². The third-order valence-electron chi connectivity index (χ3n) is 4.43. The number of methoxy groups -OCH3 is 1. The van der Waals surface area contributed by atoms with Crippen LogP contribution in [0.15, 0.2) is 54.6 Å². The maximum absolute atomic E-state index is 12.5. The molecule has 0 saturated heterocycles. The lowest BCUT2D eigenvalue weighted by Crippen LogP contribution is -2.03. The summed E-state index contributed by atoms with van der Waals surface area (Å²) in [6.45, 7) is 2.00. The summed E-state index contributed by atoms with van der Waals surface area (Å²) in [7, 11) is 1.64. The fourth-order valence-corrected chi connectivity index (χ4v) is 3.26. The number of cyclic esters (lactones) is 1. The number of aryl methyl sites for hydroxylation is 1. The van der Waals surface area contributed by atoms with E-state index in [0.29, 0.717) is 5.56 Å². The number of rotatable bonds is 2. The normalized spacial score (nSPS) is 16.3. The van der Waals surface area contributed by atoms with E-state index in [4.69, 9.17) is 9.47 Å². The summed E-state index contributed by atoms with van der Waals surface area (Å²) in [6, 6.07) is 17.8. The molecule has 1 aliphatic rings. The van der Waals surface area contributed by atoms with Crippen molar-refractivity contribution in [2.24, 2.45) is 0 Å². The Morgan fingerprint density at radius 2 is 1.78 bits per heavy atom. The second-order valence-electron chi connectivity index (χ2n) is 5.76. The van der Waals surface area contributed by atoms with E-state index >= 15 is 0 Å². The number of benzene rings is 3. The van der Waals surface area contributed by atoms with E-state index in [9.17, 15) is 4.79 Å². The monoisotopic (exact) mass is 304 g/mol. The molecule has 0 amide bonds. The Bertz CT molecular complexity index is 927. The first kappa shape index (κ1) is 13.8. The molecule has 1 heterocycles. The van der Waals surface area contributed by atoms with E-state index in [2.05, 4.69) is 0 Å². The third kappa shape index (κ3) is 2.08. The van der Waals surface area contributed by atoms with Crippen LogP contribution in [0.5, 0.6) is 5.75 Å². The second-order valence-corrected chi connectivity index (χ2v) is 5.76. The van der Waals surface area contributed by atoms with Gasteiger partial charge in [0.05, 0.1) is 12.7 Å². The summed E-state index contributed by atoms with van der Waals surface area (Å²) in [6.07, 6.45) is -0.354. The first-order valence-electron chi connectivity index (χ1n) is 7.56. The predicted molar refractivity (Wildman–Crippen MR) is 88.9 cm³/mol. The molecule has 4 rings (SSSR count). The van der Waals surface area contributed by atoms with Gasteiger partial charge in [0, 0.05) is 11.1 Å². The summed E-state index contributed by atoms with van der Waals surface area (Å²) < 4.78 is 11.0. The zero-order valence-electron chi connectivity index (χ0n) is 13.0. The van der Waals surface area contributed by atoms with Gasteiger partial charge >= 0.3 is 5.97 Å².